The van der Waals surface area contributed by atoms with E-state index in [0.29, 0.717) is 0 Å². The van der Waals surface area contributed by atoms with Gasteiger partial charge in [-0.2, -0.15) is 0 Å². The summed E-state index contributed by atoms with van der Waals surface area (Å²) in [5.41, 5.74) is 17.5. The molecule has 0 amide bonds. The van der Waals surface area contributed by atoms with Crippen molar-refractivity contribution in [3.63, 3.8) is 0 Å². The van der Waals surface area contributed by atoms with Crippen molar-refractivity contribution in [2.24, 2.45) is 0 Å². The molecule has 0 aliphatic heterocycles. The van der Waals surface area contributed by atoms with E-state index in [9.17, 15) is 0 Å². The maximum atomic E-state index is 6.42. The molecule has 57 heavy (non-hydrogen) atoms. The van der Waals surface area contributed by atoms with Crippen LogP contribution in [0.25, 0.3) is 77.2 Å². The molecule has 0 spiro atoms. The van der Waals surface area contributed by atoms with Crippen LogP contribution in [0.5, 0.6) is 0 Å². The molecule has 0 fully saturated rings. The number of benzene rings is 9. The molecule has 0 radical (unpaired) electrons. The van der Waals surface area contributed by atoms with E-state index in [1.807, 2.05) is 12.1 Å². The molecule has 0 N–H and O–H groups in total. The minimum atomic E-state index is -0.112. The third-order valence-electron chi connectivity index (χ3n) is 12.1. The quantitative estimate of drug-likeness (QED) is 0.169. The predicted molar refractivity (Wildman–Crippen MR) is 240 cm³/mol. The van der Waals surface area contributed by atoms with Gasteiger partial charge in [0.15, 0.2) is 0 Å². The first-order chi connectivity index (χ1) is 28.0. The van der Waals surface area contributed by atoms with E-state index in [1.165, 1.54) is 55.3 Å². The first-order valence-corrected chi connectivity index (χ1v) is 19.8. The third kappa shape index (κ3) is 5.40. The Balaban J connectivity index is 1.05. The van der Waals surface area contributed by atoms with E-state index in [2.05, 4.69) is 207 Å². The Hall–Kier alpha value is -7.16. The summed E-state index contributed by atoms with van der Waals surface area (Å²) in [5.74, 6) is 0. The second-order valence-electron chi connectivity index (χ2n) is 15.7. The van der Waals surface area contributed by atoms with Gasteiger partial charge in [-0.3, -0.25) is 0 Å². The Kier molecular flexibility index (Phi) is 7.55. The molecule has 1 heterocycles. The van der Waals surface area contributed by atoms with Crippen molar-refractivity contribution in [1.29, 1.82) is 0 Å². The predicted octanol–water partition coefficient (Wildman–Crippen LogP) is 15.5. The highest BCUT2D eigenvalue weighted by molar-refractivity contribution is 6.09. The molecule has 0 saturated heterocycles. The number of furan rings is 1. The highest BCUT2D eigenvalue weighted by Crippen LogP contribution is 2.51. The molecule has 0 unspecified atom stereocenters. The molecule has 0 bridgehead atoms. The topological polar surface area (TPSA) is 16.4 Å². The number of rotatable bonds is 6. The summed E-state index contributed by atoms with van der Waals surface area (Å²) in [7, 11) is 0. The van der Waals surface area contributed by atoms with Gasteiger partial charge in [-0.1, -0.05) is 159 Å². The van der Waals surface area contributed by atoms with Crippen LogP contribution in [-0.2, 0) is 5.41 Å². The second-order valence-corrected chi connectivity index (χ2v) is 15.7. The fraction of sp³-hybridized carbons (Fsp3) is 0.0545. The zero-order chi connectivity index (χ0) is 38.1. The van der Waals surface area contributed by atoms with Gasteiger partial charge in [0.05, 0.1) is 0 Å². The number of hydrogen-bond donors (Lipinski definition) is 0. The average molecular weight is 730 g/mol. The minimum Gasteiger partial charge on any atom is -0.456 e. The van der Waals surface area contributed by atoms with E-state index < -0.39 is 0 Å². The molecule has 1 aromatic heterocycles. The highest BCUT2D eigenvalue weighted by atomic mass is 16.3. The summed E-state index contributed by atoms with van der Waals surface area (Å²) >= 11 is 0. The second kappa shape index (κ2) is 13.0. The van der Waals surface area contributed by atoms with Gasteiger partial charge in [0, 0.05) is 33.2 Å². The van der Waals surface area contributed by atoms with E-state index in [4.69, 9.17) is 4.42 Å². The van der Waals surface area contributed by atoms with Crippen LogP contribution in [0.4, 0.5) is 17.1 Å². The lowest BCUT2D eigenvalue weighted by Crippen LogP contribution is -2.16. The standard InChI is InChI=1S/C55H39NO/c1-55(2)51-21-10-8-18-45(51)46-32-31-42(33-52(46)55)56(40-27-23-38(24-28-40)44-20-12-16-36-15-6-7-17-43(36)44)41-29-25-39(26-30-41)49-35-54-50(47-19-9-11-22-53(47)57-54)34-48(49)37-13-4-3-5-14-37/h3-35H,1-2H3. The van der Waals surface area contributed by atoms with Crippen molar-refractivity contribution < 1.29 is 4.42 Å². The molecule has 0 saturated carbocycles. The maximum absolute atomic E-state index is 6.42. The van der Waals surface area contributed by atoms with Crippen molar-refractivity contribution >= 4 is 49.8 Å². The monoisotopic (exact) mass is 729 g/mol. The molecule has 270 valence electrons. The van der Waals surface area contributed by atoms with Gasteiger partial charge in [-0.05, 0) is 121 Å². The maximum Gasteiger partial charge on any atom is 0.136 e. The van der Waals surface area contributed by atoms with Crippen molar-refractivity contribution in [3.8, 4) is 44.5 Å². The highest BCUT2D eigenvalue weighted by Gasteiger charge is 2.35. The molecule has 11 rings (SSSR count). The molecule has 0 atom stereocenters. The summed E-state index contributed by atoms with van der Waals surface area (Å²) in [6, 6.07) is 72.7. The van der Waals surface area contributed by atoms with Gasteiger partial charge in [-0.25, -0.2) is 0 Å². The zero-order valence-electron chi connectivity index (χ0n) is 31.9. The Labute approximate surface area is 332 Å². The number of fused-ring (bicyclic) bond motifs is 7. The van der Waals surface area contributed by atoms with E-state index in [-0.39, 0.29) is 5.41 Å². The first-order valence-electron chi connectivity index (χ1n) is 19.8. The number of anilines is 3. The molecule has 10 aromatic rings. The average Bonchev–Trinajstić information content (AvgIpc) is 3.75. The Bertz CT molecular complexity index is 3130. The largest absolute Gasteiger partial charge is 0.456 e. The van der Waals surface area contributed by atoms with Gasteiger partial charge in [0.1, 0.15) is 11.2 Å². The fourth-order valence-corrected chi connectivity index (χ4v) is 9.20. The zero-order valence-corrected chi connectivity index (χ0v) is 31.9. The van der Waals surface area contributed by atoms with Gasteiger partial charge in [0.2, 0.25) is 0 Å². The minimum absolute atomic E-state index is 0.112. The summed E-state index contributed by atoms with van der Waals surface area (Å²) in [4.78, 5) is 2.40. The van der Waals surface area contributed by atoms with Gasteiger partial charge >= 0.3 is 0 Å². The number of nitrogens with zero attached hydrogens (tertiary/aromatic N) is 1. The normalized spacial score (nSPS) is 12.9. The first kappa shape index (κ1) is 33.2. The Morgan fingerprint density at radius 3 is 1.70 bits per heavy atom. The summed E-state index contributed by atoms with van der Waals surface area (Å²) < 4.78 is 6.42. The van der Waals surface area contributed by atoms with Crippen molar-refractivity contribution in [2.45, 2.75) is 19.3 Å². The lowest BCUT2D eigenvalue weighted by Gasteiger charge is -2.28. The molecule has 2 nitrogen and oxygen atoms in total. The molecule has 1 aliphatic carbocycles. The SMILES string of the molecule is CC1(C)c2ccccc2-c2ccc(N(c3ccc(-c4cc5oc6ccccc6c5cc4-c4ccccc4)cc3)c3ccc(-c4cccc5ccccc45)cc3)cc21. The summed E-state index contributed by atoms with van der Waals surface area (Å²) in [6.45, 7) is 4.70. The Morgan fingerprint density at radius 1 is 0.351 bits per heavy atom. The third-order valence-corrected chi connectivity index (χ3v) is 12.1. The van der Waals surface area contributed by atoms with Crippen LogP contribution in [-0.4, -0.2) is 0 Å². The van der Waals surface area contributed by atoms with Crippen molar-refractivity contribution in [3.05, 3.63) is 211 Å². The fourth-order valence-electron chi connectivity index (χ4n) is 9.20. The smallest absolute Gasteiger partial charge is 0.136 e. The van der Waals surface area contributed by atoms with E-state index >= 15 is 0 Å². The molecular formula is C55H39NO. The van der Waals surface area contributed by atoms with Gasteiger partial charge < -0.3 is 9.32 Å². The molecular weight excluding hydrogens is 691 g/mol. The number of hydrogen-bond acceptors (Lipinski definition) is 2. The lowest BCUT2D eigenvalue weighted by atomic mass is 9.82. The molecule has 9 aromatic carbocycles. The Morgan fingerprint density at radius 2 is 0.912 bits per heavy atom. The molecule has 2 heteroatoms. The molecule has 1 aliphatic rings. The van der Waals surface area contributed by atoms with Crippen LogP contribution in [0.2, 0.25) is 0 Å². The van der Waals surface area contributed by atoms with Crippen molar-refractivity contribution in [1.82, 2.24) is 0 Å². The van der Waals surface area contributed by atoms with Crippen LogP contribution >= 0.6 is 0 Å². The van der Waals surface area contributed by atoms with E-state index in [1.54, 1.807) is 0 Å². The van der Waals surface area contributed by atoms with Gasteiger partial charge in [0.25, 0.3) is 0 Å². The van der Waals surface area contributed by atoms with Crippen molar-refractivity contribution in [2.75, 3.05) is 4.90 Å². The van der Waals surface area contributed by atoms with Crippen LogP contribution in [0, 0.1) is 0 Å². The van der Waals surface area contributed by atoms with Crippen LogP contribution in [0.3, 0.4) is 0 Å². The lowest BCUT2D eigenvalue weighted by molar-refractivity contribution is 0.660. The number of para-hydroxylation sites is 1. The van der Waals surface area contributed by atoms with Crippen LogP contribution in [0.15, 0.2) is 205 Å². The van der Waals surface area contributed by atoms with E-state index in [0.717, 1.165) is 50.1 Å². The van der Waals surface area contributed by atoms with Crippen LogP contribution < -0.4 is 4.90 Å². The summed E-state index contributed by atoms with van der Waals surface area (Å²) in [6.07, 6.45) is 0. The summed E-state index contributed by atoms with van der Waals surface area (Å²) in [5, 5.41) is 4.77. The van der Waals surface area contributed by atoms with Gasteiger partial charge in [-0.15, -0.1) is 0 Å². The van der Waals surface area contributed by atoms with Crippen LogP contribution in [0.1, 0.15) is 25.0 Å².